The molecule has 62 valence electrons. The number of halogens is 1. The summed E-state index contributed by atoms with van der Waals surface area (Å²) in [7, 11) is 0. The number of rotatable bonds is 0. The Hall–Kier alpha value is -0.780. The van der Waals surface area contributed by atoms with E-state index in [-0.39, 0.29) is 5.91 Å². The third-order valence-corrected chi connectivity index (χ3v) is 2.43. The summed E-state index contributed by atoms with van der Waals surface area (Å²) in [5.41, 5.74) is 1.65. The molecule has 0 aromatic heterocycles. The minimum Gasteiger partial charge on any atom is -0.367 e. The molecular weight excluding hydrogens is 267 g/mol. The van der Waals surface area contributed by atoms with Crippen LogP contribution in [0.25, 0.3) is 0 Å². The van der Waals surface area contributed by atoms with Crippen LogP contribution in [0.2, 0.25) is 0 Å². The lowest BCUT2D eigenvalue weighted by molar-refractivity contribution is 0.0953. The predicted molar refractivity (Wildman–Crippen MR) is 55.1 cm³/mol. The standard InChI is InChI=1S/C8H7IN2O/c9-5-1-2-7-6(3-5)8(12)11-4-10-7/h1-3,10H,4H2,(H,11,12). The summed E-state index contributed by atoms with van der Waals surface area (Å²) in [6.07, 6.45) is 0. The van der Waals surface area contributed by atoms with Crippen molar-refractivity contribution in [1.82, 2.24) is 5.32 Å². The minimum absolute atomic E-state index is 0.00210. The second-order valence-electron chi connectivity index (χ2n) is 2.55. The Bertz CT molecular complexity index is 338. The summed E-state index contributed by atoms with van der Waals surface area (Å²) in [5, 5.41) is 5.80. The molecule has 0 aliphatic carbocycles. The number of carbonyl (C=O) groups excluding carboxylic acids is 1. The Labute approximate surface area is 83.7 Å². The van der Waals surface area contributed by atoms with Crippen LogP contribution in [-0.4, -0.2) is 12.6 Å². The van der Waals surface area contributed by atoms with Crippen LogP contribution < -0.4 is 10.6 Å². The van der Waals surface area contributed by atoms with E-state index in [0.717, 1.165) is 14.8 Å². The number of fused-ring (bicyclic) bond motifs is 1. The number of carbonyl (C=O) groups is 1. The van der Waals surface area contributed by atoms with Crippen molar-refractivity contribution in [3.8, 4) is 0 Å². The monoisotopic (exact) mass is 274 g/mol. The number of nitrogens with one attached hydrogen (secondary N) is 2. The summed E-state index contributed by atoms with van der Waals surface area (Å²) in [4.78, 5) is 11.3. The van der Waals surface area contributed by atoms with Crippen LogP contribution in [0.3, 0.4) is 0 Å². The molecule has 12 heavy (non-hydrogen) atoms. The highest BCUT2D eigenvalue weighted by molar-refractivity contribution is 14.1. The predicted octanol–water partition coefficient (Wildman–Crippen LogP) is 1.40. The van der Waals surface area contributed by atoms with Gasteiger partial charge in [-0.15, -0.1) is 0 Å². The molecule has 0 bridgehead atoms. The second kappa shape index (κ2) is 2.93. The van der Waals surface area contributed by atoms with E-state index in [2.05, 4.69) is 33.2 Å². The highest BCUT2D eigenvalue weighted by Gasteiger charge is 2.15. The highest BCUT2D eigenvalue weighted by Crippen LogP contribution is 2.20. The molecule has 0 fully saturated rings. The van der Waals surface area contributed by atoms with Crippen LogP contribution in [0.5, 0.6) is 0 Å². The van der Waals surface area contributed by atoms with Crippen molar-refractivity contribution in [3.05, 3.63) is 27.3 Å². The van der Waals surface area contributed by atoms with Crippen LogP contribution in [0.4, 0.5) is 5.69 Å². The molecule has 1 heterocycles. The molecule has 2 rings (SSSR count). The van der Waals surface area contributed by atoms with Gasteiger partial charge in [-0.2, -0.15) is 0 Å². The Kier molecular flexibility index (Phi) is 1.92. The first kappa shape index (κ1) is 7.85. The largest absolute Gasteiger partial charge is 0.367 e. The SMILES string of the molecule is O=C1NCNc2ccc(I)cc21. The first-order valence-electron chi connectivity index (χ1n) is 3.59. The van der Waals surface area contributed by atoms with Gasteiger partial charge < -0.3 is 10.6 Å². The van der Waals surface area contributed by atoms with Gasteiger partial charge in [-0.3, -0.25) is 4.79 Å². The zero-order valence-corrected chi connectivity index (χ0v) is 8.38. The molecule has 0 unspecified atom stereocenters. The van der Waals surface area contributed by atoms with E-state index in [0.29, 0.717) is 6.67 Å². The zero-order chi connectivity index (χ0) is 8.55. The van der Waals surface area contributed by atoms with E-state index in [1.807, 2.05) is 18.2 Å². The Balaban J connectivity index is 2.54. The Morgan fingerprint density at radius 1 is 1.33 bits per heavy atom. The van der Waals surface area contributed by atoms with Crippen molar-refractivity contribution in [2.24, 2.45) is 0 Å². The molecule has 0 radical (unpaired) electrons. The van der Waals surface area contributed by atoms with E-state index >= 15 is 0 Å². The van der Waals surface area contributed by atoms with Crippen LogP contribution in [0, 0.1) is 3.57 Å². The molecule has 1 aliphatic heterocycles. The van der Waals surface area contributed by atoms with E-state index in [4.69, 9.17) is 0 Å². The van der Waals surface area contributed by atoms with Gasteiger partial charge in [-0.1, -0.05) is 0 Å². The maximum absolute atomic E-state index is 11.3. The molecule has 3 nitrogen and oxygen atoms in total. The van der Waals surface area contributed by atoms with Crippen LogP contribution in [0.15, 0.2) is 18.2 Å². The molecule has 0 spiro atoms. The molecule has 1 aromatic rings. The van der Waals surface area contributed by atoms with Gasteiger partial charge in [-0.25, -0.2) is 0 Å². The van der Waals surface area contributed by atoms with E-state index in [1.165, 1.54) is 0 Å². The minimum atomic E-state index is 0.00210. The molecule has 2 N–H and O–H groups in total. The van der Waals surface area contributed by atoms with E-state index < -0.39 is 0 Å². The lowest BCUT2D eigenvalue weighted by atomic mass is 10.1. The Morgan fingerprint density at radius 3 is 3.00 bits per heavy atom. The van der Waals surface area contributed by atoms with Gasteiger partial charge in [0.2, 0.25) is 0 Å². The van der Waals surface area contributed by atoms with Gasteiger partial charge in [-0.05, 0) is 40.8 Å². The fraction of sp³-hybridized carbons (Fsp3) is 0.125. The summed E-state index contributed by atoms with van der Waals surface area (Å²) in [6, 6.07) is 5.78. The van der Waals surface area contributed by atoms with Gasteiger partial charge >= 0.3 is 0 Å². The fourth-order valence-electron chi connectivity index (χ4n) is 1.17. The van der Waals surface area contributed by atoms with Crippen molar-refractivity contribution in [2.45, 2.75) is 0 Å². The van der Waals surface area contributed by atoms with E-state index in [1.54, 1.807) is 0 Å². The second-order valence-corrected chi connectivity index (χ2v) is 3.79. The normalized spacial score (nSPS) is 14.6. The molecule has 1 amide bonds. The summed E-state index contributed by atoms with van der Waals surface area (Å²) in [5.74, 6) is 0.00210. The maximum Gasteiger partial charge on any atom is 0.254 e. The van der Waals surface area contributed by atoms with Crippen molar-refractivity contribution in [2.75, 3.05) is 12.0 Å². The van der Waals surface area contributed by atoms with Crippen LogP contribution in [0.1, 0.15) is 10.4 Å². The van der Waals surface area contributed by atoms with Crippen molar-refractivity contribution < 1.29 is 4.79 Å². The summed E-state index contributed by atoms with van der Waals surface area (Å²) < 4.78 is 1.07. The molecule has 0 saturated heterocycles. The van der Waals surface area contributed by atoms with Gasteiger partial charge in [0, 0.05) is 9.26 Å². The van der Waals surface area contributed by atoms with Gasteiger partial charge in [0.1, 0.15) is 0 Å². The van der Waals surface area contributed by atoms with Crippen molar-refractivity contribution in [1.29, 1.82) is 0 Å². The number of amides is 1. The number of anilines is 1. The molecule has 1 aromatic carbocycles. The van der Waals surface area contributed by atoms with Crippen molar-refractivity contribution >= 4 is 34.2 Å². The van der Waals surface area contributed by atoms with Crippen LogP contribution in [-0.2, 0) is 0 Å². The number of hydrogen-bond donors (Lipinski definition) is 2. The quantitative estimate of drug-likeness (QED) is 0.702. The van der Waals surface area contributed by atoms with Gasteiger partial charge in [0.05, 0.1) is 12.2 Å². The highest BCUT2D eigenvalue weighted by atomic mass is 127. The summed E-state index contributed by atoms with van der Waals surface area (Å²) >= 11 is 2.19. The van der Waals surface area contributed by atoms with E-state index in [9.17, 15) is 4.79 Å². The topological polar surface area (TPSA) is 41.1 Å². The zero-order valence-electron chi connectivity index (χ0n) is 6.23. The molecule has 0 atom stereocenters. The average molecular weight is 274 g/mol. The molecular formula is C8H7IN2O. The summed E-state index contributed by atoms with van der Waals surface area (Å²) in [6.45, 7) is 0.520. The first-order valence-corrected chi connectivity index (χ1v) is 4.67. The average Bonchev–Trinajstić information content (AvgIpc) is 2.07. The van der Waals surface area contributed by atoms with Gasteiger partial charge in [0.15, 0.2) is 0 Å². The number of hydrogen-bond acceptors (Lipinski definition) is 2. The first-order chi connectivity index (χ1) is 5.77. The van der Waals surface area contributed by atoms with Crippen molar-refractivity contribution in [3.63, 3.8) is 0 Å². The third-order valence-electron chi connectivity index (χ3n) is 1.75. The third kappa shape index (κ3) is 1.26. The maximum atomic E-state index is 11.3. The van der Waals surface area contributed by atoms with Crippen LogP contribution >= 0.6 is 22.6 Å². The lowest BCUT2D eigenvalue weighted by Gasteiger charge is -2.18. The number of benzene rings is 1. The lowest BCUT2D eigenvalue weighted by Crippen LogP contribution is -2.34. The molecule has 1 aliphatic rings. The fourth-order valence-corrected chi connectivity index (χ4v) is 1.66. The smallest absolute Gasteiger partial charge is 0.254 e. The molecule has 4 heteroatoms. The Morgan fingerprint density at radius 2 is 2.17 bits per heavy atom. The van der Waals surface area contributed by atoms with Gasteiger partial charge in [0.25, 0.3) is 5.91 Å². The molecule has 0 saturated carbocycles.